The van der Waals surface area contributed by atoms with Crippen molar-refractivity contribution in [1.29, 1.82) is 0 Å². The maximum absolute atomic E-state index is 2.34. The van der Waals surface area contributed by atoms with Gasteiger partial charge in [-0.05, 0) is 39.8 Å². The molecule has 0 saturated heterocycles. The SMILES string of the molecule is CC1(C)c2ccccc2-c2c1ccc1c2C1. The molecule has 78 valence electrons. The molecule has 0 radical (unpaired) electrons. The summed E-state index contributed by atoms with van der Waals surface area (Å²) >= 11 is 0. The summed E-state index contributed by atoms with van der Waals surface area (Å²) in [6, 6.07) is 13.5. The van der Waals surface area contributed by atoms with Crippen molar-refractivity contribution in [2.24, 2.45) is 0 Å². The van der Waals surface area contributed by atoms with E-state index in [9.17, 15) is 0 Å². The van der Waals surface area contributed by atoms with Gasteiger partial charge in [-0.1, -0.05) is 50.2 Å². The lowest BCUT2D eigenvalue weighted by molar-refractivity contribution is 0.660. The van der Waals surface area contributed by atoms with Gasteiger partial charge in [0.15, 0.2) is 0 Å². The summed E-state index contributed by atoms with van der Waals surface area (Å²) < 4.78 is 0. The predicted molar refractivity (Wildman–Crippen MR) is 66.8 cm³/mol. The number of hydrogen-bond donors (Lipinski definition) is 0. The van der Waals surface area contributed by atoms with Crippen molar-refractivity contribution in [2.75, 3.05) is 0 Å². The first-order valence-electron chi connectivity index (χ1n) is 5.95. The molecule has 0 spiro atoms. The van der Waals surface area contributed by atoms with E-state index in [-0.39, 0.29) is 5.41 Å². The van der Waals surface area contributed by atoms with Crippen LogP contribution in [0.25, 0.3) is 11.1 Å². The van der Waals surface area contributed by atoms with Crippen LogP contribution in [0, 0.1) is 0 Å². The van der Waals surface area contributed by atoms with Gasteiger partial charge in [0.2, 0.25) is 0 Å². The lowest BCUT2D eigenvalue weighted by Crippen LogP contribution is -2.14. The Kier molecular flexibility index (Phi) is 1.29. The van der Waals surface area contributed by atoms with Gasteiger partial charge in [0.05, 0.1) is 0 Å². The van der Waals surface area contributed by atoms with E-state index < -0.39 is 0 Å². The molecule has 2 aliphatic rings. The van der Waals surface area contributed by atoms with Crippen LogP contribution in [0.2, 0.25) is 0 Å². The first-order valence-corrected chi connectivity index (χ1v) is 5.95. The molecule has 2 aromatic carbocycles. The average Bonchev–Trinajstić information content (AvgIpc) is 3.02. The fourth-order valence-electron chi connectivity index (χ4n) is 3.20. The Hall–Kier alpha value is -1.56. The molecule has 0 saturated carbocycles. The highest BCUT2D eigenvalue weighted by atomic mass is 14.4. The second kappa shape index (κ2) is 2.40. The van der Waals surface area contributed by atoms with Crippen molar-refractivity contribution in [2.45, 2.75) is 25.7 Å². The van der Waals surface area contributed by atoms with Crippen molar-refractivity contribution in [3.63, 3.8) is 0 Å². The molecule has 0 nitrogen and oxygen atoms in total. The molecule has 0 fully saturated rings. The molecule has 16 heavy (non-hydrogen) atoms. The van der Waals surface area contributed by atoms with Gasteiger partial charge in [-0.25, -0.2) is 0 Å². The van der Waals surface area contributed by atoms with Crippen molar-refractivity contribution >= 4 is 0 Å². The van der Waals surface area contributed by atoms with E-state index >= 15 is 0 Å². The Morgan fingerprint density at radius 3 is 2.62 bits per heavy atom. The molecule has 2 aliphatic carbocycles. The topological polar surface area (TPSA) is 0 Å². The third-order valence-corrected chi connectivity index (χ3v) is 4.20. The van der Waals surface area contributed by atoms with Gasteiger partial charge in [0, 0.05) is 5.41 Å². The van der Waals surface area contributed by atoms with Crippen LogP contribution in [-0.4, -0.2) is 0 Å². The monoisotopic (exact) mass is 206 g/mol. The van der Waals surface area contributed by atoms with Crippen molar-refractivity contribution < 1.29 is 0 Å². The van der Waals surface area contributed by atoms with Crippen molar-refractivity contribution in [1.82, 2.24) is 0 Å². The number of benzene rings is 2. The van der Waals surface area contributed by atoms with Crippen LogP contribution in [0.4, 0.5) is 0 Å². The molecule has 0 heteroatoms. The molecular formula is C16H14. The minimum absolute atomic E-state index is 0.184. The van der Waals surface area contributed by atoms with Crippen molar-refractivity contribution in [3.05, 3.63) is 58.7 Å². The molecule has 0 aliphatic heterocycles. The molecule has 0 atom stereocenters. The number of fused-ring (bicyclic) bond motifs is 5. The van der Waals surface area contributed by atoms with Crippen LogP contribution < -0.4 is 0 Å². The zero-order chi connectivity index (χ0) is 10.9. The second-order valence-electron chi connectivity index (χ2n) is 5.47. The molecule has 0 N–H and O–H groups in total. The van der Waals surface area contributed by atoms with E-state index in [1.807, 2.05) is 0 Å². The Morgan fingerprint density at radius 1 is 0.938 bits per heavy atom. The van der Waals surface area contributed by atoms with E-state index in [2.05, 4.69) is 50.2 Å². The van der Waals surface area contributed by atoms with Gasteiger partial charge in [0.25, 0.3) is 0 Å². The van der Waals surface area contributed by atoms with Crippen LogP contribution in [0.3, 0.4) is 0 Å². The summed E-state index contributed by atoms with van der Waals surface area (Å²) in [7, 11) is 0. The van der Waals surface area contributed by atoms with Gasteiger partial charge in [-0.3, -0.25) is 0 Å². The van der Waals surface area contributed by atoms with Gasteiger partial charge in [-0.15, -0.1) is 0 Å². The van der Waals surface area contributed by atoms with Crippen LogP contribution in [0.15, 0.2) is 36.4 Å². The fourth-order valence-corrected chi connectivity index (χ4v) is 3.20. The van der Waals surface area contributed by atoms with Crippen molar-refractivity contribution in [3.8, 4) is 11.1 Å². The largest absolute Gasteiger partial charge is 0.0619 e. The highest BCUT2D eigenvalue weighted by Gasteiger charge is 2.39. The minimum atomic E-state index is 0.184. The number of rotatable bonds is 0. The van der Waals surface area contributed by atoms with E-state index in [1.165, 1.54) is 28.7 Å². The van der Waals surface area contributed by atoms with Crippen LogP contribution in [0.1, 0.15) is 36.1 Å². The standard InChI is InChI=1S/C16H14/c1-16(2)13-6-4-3-5-11(13)15-12-9-10(12)7-8-14(15)16/h3-8H,9H2,1-2H3. The van der Waals surface area contributed by atoms with Gasteiger partial charge >= 0.3 is 0 Å². The third kappa shape index (κ3) is 0.824. The van der Waals surface area contributed by atoms with Crippen LogP contribution in [-0.2, 0) is 11.8 Å². The molecule has 4 rings (SSSR count). The Labute approximate surface area is 95.9 Å². The molecule has 0 heterocycles. The highest BCUT2D eigenvalue weighted by Crippen LogP contribution is 2.53. The summed E-state index contributed by atoms with van der Waals surface area (Å²) in [5.74, 6) is 0. The quantitative estimate of drug-likeness (QED) is 0.523. The molecule has 0 amide bonds. The lowest BCUT2D eigenvalue weighted by atomic mass is 9.82. The molecule has 2 aromatic rings. The first-order chi connectivity index (χ1) is 7.69. The Bertz CT molecular complexity index is 618. The molecular weight excluding hydrogens is 192 g/mol. The molecule has 0 unspecified atom stereocenters. The third-order valence-electron chi connectivity index (χ3n) is 4.20. The minimum Gasteiger partial charge on any atom is -0.0619 e. The Balaban J connectivity index is 2.17. The van der Waals surface area contributed by atoms with Gasteiger partial charge in [0.1, 0.15) is 0 Å². The number of hydrogen-bond acceptors (Lipinski definition) is 0. The Morgan fingerprint density at radius 2 is 1.75 bits per heavy atom. The van der Waals surface area contributed by atoms with E-state index in [0.29, 0.717) is 0 Å². The fraction of sp³-hybridized carbons (Fsp3) is 0.250. The summed E-state index contributed by atoms with van der Waals surface area (Å²) in [6.07, 6.45) is 1.21. The normalized spacial score (nSPS) is 17.6. The van der Waals surface area contributed by atoms with Gasteiger partial charge < -0.3 is 0 Å². The van der Waals surface area contributed by atoms with E-state index in [1.54, 1.807) is 11.1 Å². The van der Waals surface area contributed by atoms with Crippen LogP contribution in [0.5, 0.6) is 0 Å². The summed E-state index contributed by atoms with van der Waals surface area (Å²) in [5.41, 5.74) is 9.34. The summed E-state index contributed by atoms with van der Waals surface area (Å²) in [6.45, 7) is 4.68. The summed E-state index contributed by atoms with van der Waals surface area (Å²) in [4.78, 5) is 0. The first kappa shape index (κ1) is 8.58. The van der Waals surface area contributed by atoms with E-state index in [0.717, 1.165) is 0 Å². The summed E-state index contributed by atoms with van der Waals surface area (Å²) in [5, 5.41) is 0. The zero-order valence-electron chi connectivity index (χ0n) is 9.67. The van der Waals surface area contributed by atoms with Gasteiger partial charge in [-0.2, -0.15) is 0 Å². The van der Waals surface area contributed by atoms with Crippen LogP contribution >= 0.6 is 0 Å². The maximum Gasteiger partial charge on any atom is 0.0158 e. The average molecular weight is 206 g/mol. The second-order valence-corrected chi connectivity index (χ2v) is 5.47. The maximum atomic E-state index is 2.34. The smallest absolute Gasteiger partial charge is 0.0158 e. The predicted octanol–water partition coefficient (Wildman–Crippen LogP) is 3.90. The molecule has 0 bridgehead atoms. The molecule has 0 aromatic heterocycles. The van der Waals surface area contributed by atoms with E-state index in [4.69, 9.17) is 0 Å². The lowest BCUT2D eigenvalue weighted by Gasteiger charge is -2.20. The highest BCUT2D eigenvalue weighted by molar-refractivity contribution is 5.86. The zero-order valence-corrected chi connectivity index (χ0v) is 9.67.